The molecule has 1 amide bonds. The average Bonchev–Trinajstić information content (AvgIpc) is 3.18. The number of hydrogen-bond donors (Lipinski definition) is 2. The van der Waals surface area contributed by atoms with Gasteiger partial charge in [0, 0.05) is 26.1 Å². The minimum Gasteiger partial charge on any atom is -0.488 e. The zero-order valence-electron chi connectivity index (χ0n) is 16.9. The predicted octanol–water partition coefficient (Wildman–Crippen LogP) is 2.13. The summed E-state index contributed by atoms with van der Waals surface area (Å²) in [6.45, 7) is 4.96. The summed E-state index contributed by atoms with van der Waals surface area (Å²) in [5.74, 6) is 1.67. The van der Waals surface area contributed by atoms with Crippen LogP contribution in [0.1, 0.15) is 23.6 Å². The van der Waals surface area contributed by atoms with Crippen molar-refractivity contribution in [3.8, 4) is 5.75 Å². The standard InChI is InChI=1S/C23H28N4O2/c1-2-24-23(25-14-20-13-18-8-5-6-10-21(18)29-20)26-15-22(28)27-12-11-17-7-3-4-9-19(17)16-27/h3-10,20H,2,11-16H2,1H3,(H2,24,25,26). The lowest BCUT2D eigenvalue weighted by Gasteiger charge is -2.28. The number of amides is 1. The van der Waals surface area contributed by atoms with Crippen LogP contribution in [0.15, 0.2) is 53.5 Å². The summed E-state index contributed by atoms with van der Waals surface area (Å²) in [5.41, 5.74) is 3.81. The molecule has 6 nitrogen and oxygen atoms in total. The van der Waals surface area contributed by atoms with E-state index in [9.17, 15) is 4.79 Å². The van der Waals surface area contributed by atoms with E-state index in [1.54, 1.807) is 0 Å². The molecule has 1 unspecified atom stereocenters. The Balaban J connectivity index is 1.30. The van der Waals surface area contributed by atoms with Crippen LogP contribution in [0, 0.1) is 0 Å². The van der Waals surface area contributed by atoms with Gasteiger partial charge in [0.05, 0.1) is 6.54 Å². The Morgan fingerprint density at radius 1 is 1.10 bits per heavy atom. The molecular formula is C23H28N4O2. The summed E-state index contributed by atoms with van der Waals surface area (Å²) in [7, 11) is 0. The lowest BCUT2D eigenvalue weighted by Crippen LogP contribution is -2.43. The van der Waals surface area contributed by atoms with E-state index in [0.717, 1.165) is 31.7 Å². The smallest absolute Gasteiger partial charge is 0.244 e. The van der Waals surface area contributed by atoms with Gasteiger partial charge in [-0.2, -0.15) is 0 Å². The largest absolute Gasteiger partial charge is 0.488 e. The van der Waals surface area contributed by atoms with E-state index in [2.05, 4.69) is 39.9 Å². The molecule has 0 bridgehead atoms. The summed E-state index contributed by atoms with van der Waals surface area (Å²) in [6, 6.07) is 16.5. The fourth-order valence-corrected chi connectivity index (χ4v) is 3.88. The molecule has 4 rings (SSSR count). The molecule has 0 spiro atoms. The predicted molar refractivity (Wildman–Crippen MR) is 114 cm³/mol. The number of carbonyl (C=O) groups is 1. The van der Waals surface area contributed by atoms with E-state index in [0.29, 0.717) is 19.0 Å². The molecule has 2 heterocycles. The van der Waals surface area contributed by atoms with Crippen LogP contribution in [-0.4, -0.2) is 49.0 Å². The van der Waals surface area contributed by atoms with Crippen LogP contribution in [0.25, 0.3) is 0 Å². The first-order valence-electron chi connectivity index (χ1n) is 10.3. The van der Waals surface area contributed by atoms with Crippen molar-refractivity contribution < 1.29 is 9.53 Å². The van der Waals surface area contributed by atoms with Gasteiger partial charge in [0.25, 0.3) is 0 Å². The second-order valence-electron chi connectivity index (χ2n) is 7.46. The number of hydrogen-bond acceptors (Lipinski definition) is 3. The summed E-state index contributed by atoms with van der Waals surface area (Å²) >= 11 is 0. The quantitative estimate of drug-likeness (QED) is 0.604. The maximum atomic E-state index is 12.7. The number of nitrogens with one attached hydrogen (secondary N) is 2. The van der Waals surface area contributed by atoms with Gasteiger partial charge < -0.3 is 20.3 Å². The van der Waals surface area contributed by atoms with Crippen LogP contribution >= 0.6 is 0 Å². The monoisotopic (exact) mass is 392 g/mol. The van der Waals surface area contributed by atoms with Crippen LogP contribution < -0.4 is 15.4 Å². The molecule has 0 fully saturated rings. The van der Waals surface area contributed by atoms with Crippen molar-refractivity contribution in [3.63, 3.8) is 0 Å². The number of aliphatic imine (C=N–C) groups is 1. The number of benzene rings is 2. The van der Waals surface area contributed by atoms with Gasteiger partial charge in [-0.3, -0.25) is 4.79 Å². The average molecular weight is 393 g/mol. The Bertz CT molecular complexity index is 871. The zero-order valence-corrected chi connectivity index (χ0v) is 16.9. The molecule has 2 N–H and O–H groups in total. The molecule has 2 aromatic rings. The Hall–Kier alpha value is -3.02. The first-order chi connectivity index (χ1) is 14.2. The Morgan fingerprint density at radius 2 is 1.86 bits per heavy atom. The normalized spacial score (nSPS) is 17.9. The maximum absolute atomic E-state index is 12.7. The number of ether oxygens (including phenoxy) is 1. The Labute approximate surface area is 172 Å². The third-order valence-corrected chi connectivity index (χ3v) is 5.41. The van der Waals surface area contributed by atoms with Crippen LogP contribution in [0.2, 0.25) is 0 Å². The summed E-state index contributed by atoms with van der Waals surface area (Å²) in [6.07, 6.45) is 1.86. The first kappa shape index (κ1) is 19.3. The van der Waals surface area contributed by atoms with Gasteiger partial charge in [-0.15, -0.1) is 0 Å². The molecule has 0 aromatic heterocycles. The number of carbonyl (C=O) groups excluding carboxylic acids is 1. The third kappa shape index (κ3) is 4.70. The Kier molecular flexibility index (Phi) is 5.98. The van der Waals surface area contributed by atoms with Gasteiger partial charge in [0.1, 0.15) is 18.4 Å². The van der Waals surface area contributed by atoms with Gasteiger partial charge in [-0.25, -0.2) is 4.99 Å². The Morgan fingerprint density at radius 3 is 2.66 bits per heavy atom. The SMILES string of the molecule is CCNC(=NCC(=O)N1CCc2ccccc2C1)NCC1Cc2ccccc2O1. The molecule has 2 aliphatic heterocycles. The van der Waals surface area contributed by atoms with Crippen LogP contribution in [0.4, 0.5) is 0 Å². The highest BCUT2D eigenvalue weighted by molar-refractivity contribution is 5.85. The lowest BCUT2D eigenvalue weighted by atomic mass is 10.00. The molecular weight excluding hydrogens is 364 g/mol. The topological polar surface area (TPSA) is 66.0 Å². The fourth-order valence-electron chi connectivity index (χ4n) is 3.88. The summed E-state index contributed by atoms with van der Waals surface area (Å²) in [5, 5.41) is 6.53. The number of guanidine groups is 1. The second kappa shape index (κ2) is 8.99. The van der Waals surface area contributed by atoms with Crippen LogP contribution in [-0.2, 0) is 24.2 Å². The van der Waals surface area contributed by atoms with E-state index < -0.39 is 0 Å². The molecule has 0 saturated heterocycles. The molecule has 2 aromatic carbocycles. The molecule has 1 atom stereocenters. The number of para-hydroxylation sites is 1. The lowest BCUT2D eigenvalue weighted by molar-refractivity contribution is -0.130. The molecule has 0 radical (unpaired) electrons. The molecule has 0 aliphatic carbocycles. The van der Waals surface area contributed by atoms with Gasteiger partial charge in [-0.05, 0) is 36.1 Å². The van der Waals surface area contributed by atoms with Gasteiger partial charge in [0.2, 0.25) is 5.91 Å². The molecule has 6 heteroatoms. The van der Waals surface area contributed by atoms with Crippen molar-refractivity contribution in [1.29, 1.82) is 0 Å². The van der Waals surface area contributed by atoms with Crippen molar-refractivity contribution in [2.24, 2.45) is 4.99 Å². The molecule has 29 heavy (non-hydrogen) atoms. The minimum atomic E-state index is 0.0567. The fraction of sp³-hybridized carbons (Fsp3) is 0.391. The van der Waals surface area contributed by atoms with E-state index in [-0.39, 0.29) is 18.6 Å². The van der Waals surface area contributed by atoms with Crippen LogP contribution in [0.3, 0.4) is 0 Å². The van der Waals surface area contributed by atoms with Gasteiger partial charge >= 0.3 is 0 Å². The minimum absolute atomic E-state index is 0.0567. The van der Waals surface area contributed by atoms with E-state index in [4.69, 9.17) is 4.74 Å². The van der Waals surface area contributed by atoms with Crippen molar-refractivity contribution in [2.45, 2.75) is 32.4 Å². The van der Waals surface area contributed by atoms with E-state index in [1.165, 1.54) is 16.7 Å². The van der Waals surface area contributed by atoms with Crippen molar-refractivity contribution in [2.75, 3.05) is 26.2 Å². The van der Waals surface area contributed by atoms with Crippen molar-refractivity contribution in [3.05, 3.63) is 65.2 Å². The highest BCUT2D eigenvalue weighted by Crippen LogP contribution is 2.27. The number of fused-ring (bicyclic) bond motifs is 2. The third-order valence-electron chi connectivity index (χ3n) is 5.41. The molecule has 152 valence electrons. The second-order valence-corrected chi connectivity index (χ2v) is 7.46. The first-order valence-corrected chi connectivity index (χ1v) is 10.3. The summed E-state index contributed by atoms with van der Waals surface area (Å²) in [4.78, 5) is 19.1. The highest BCUT2D eigenvalue weighted by atomic mass is 16.5. The van der Waals surface area contributed by atoms with E-state index in [1.807, 2.05) is 36.1 Å². The summed E-state index contributed by atoms with van der Waals surface area (Å²) < 4.78 is 5.97. The number of rotatable bonds is 5. The molecule has 0 saturated carbocycles. The number of nitrogens with zero attached hydrogens (tertiary/aromatic N) is 2. The van der Waals surface area contributed by atoms with Gasteiger partial charge in [0.15, 0.2) is 5.96 Å². The maximum Gasteiger partial charge on any atom is 0.244 e. The van der Waals surface area contributed by atoms with Gasteiger partial charge in [-0.1, -0.05) is 42.5 Å². The zero-order chi connectivity index (χ0) is 20.1. The van der Waals surface area contributed by atoms with Crippen LogP contribution in [0.5, 0.6) is 5.75 Å². The highest BCUT2D eigenvalue weighted by Gasteiger charge is 2.23. The van der Waals surface area contributed by atoms with E-state index >= 15 is 0 Å². The molecule has 2 aliphatic rings. The van der Waals surface area contributed by atoms with Crippen molar-refractivity contribution in [1.82, 2.24) is 15.5 Å². The van der Waals surface area contributed by atoms with Crippen molar-refractivity contribution >= 4 is 11.9 Å².